The monoisotopic (exact) mass is 346 g/mol. The molecule has 0 spiro atoms. The highest BCUT2D eigenvalue weighted by atomic mass is 32.1. The quantitative estimate of drug-likeness (QED) is 0.893. The molecule has 128 valence electrons. The Bertz CT molecular complexity index is 703. The molecule has 0 bridgehead atoms. The summed E-state index contributed by atoms with van der Waals surface area (Å²) in [6.45, 7) is 3.84. The number of nitrogen functional groups attached to an aromatic ring is 1. The minimum Gasteiger partial charge on any atom is -0.384 e. The van der Waals surface area contributed by atoms with Crippen LogP contribution < -0.4 is 5.73 Å². The molecule has 0 unspecified atom stereocenters. The number of carbonyl (C=O) groups is 1. The van der Waals surface area contributed by atoms with Crippen molar-refractivity contribution in [1.29, 1.82) is 0 Å². The molecule has 24 heavy (non-hydrogen) atoms. The van der Waals surface area contributed by atoms with Crippen molar-refractivity contribution < 1.29 is 9.53 Å². The third kappa shape index (κ3) is 4.52. The third-order valence-electron chi connectivity index (χ3n) is 4.09. The molecule has 0 aliphatic carbocycles. The maximum Gasteiger partial charge on any atom is 0.228 e. The van der Waals surface area contributed by atoms with Gasteiger partial charge in [0.1, 0.15) is 5.82 Å². The van der Waals surface area contributed by atoms with E-state index >= 15 is 0 Å². The normalized spacial score (nSPS) is 17.9. The number of ether oxygens (including phenoxy) is 1. The molecule has 1 aliphatic rings. The number of amides is 1. The van der Waals surface area contributed by atoms with Gasteiger partial charge >= 0.3 is 0 Å². The lowest BCUT2D eigenvalue weighted by Crippen LogP contribution is -2.46. The van der Waals surface area contributed by atoms with Crippen molar-refractivity contribution in [3.63, 3.8) is 0 Å². The van der Waals surface area contributed by atoms with E-state index in [1.54, 1.807) is 17.5 Å². The molecule has 6 nitrogen and oxygen atoms in total. The van der Waals surface area contributed by atoms with Crippen LogP contribution in [0.25, 0.3) is 0 Å². The largest absolute Gasteiger partial charge is 0.384 e. The Morgan fingerprint density at radius 1 is 1.54 bits per heavy atom. The van der Waals surface area contributed by atoms with Crippen LogP contribution in [0.15, 0.2) is 23.7 Å². The van der Waals surface area contributed by atoms with Gasteiger partial charge in [-0.05, 0) is 37.5 Å². The number of carbonyl (C=O) groups excluding carboxylic acids is 1. The van der Waals surface area contributed by atoms with Gasteiger partial charge in [-0.1, -0.05) is 0 Å². The van der Waals surface area contributed by atoms with Gasteiger partial charge in [0.2, 0.25) is 5.91 Å². The molecule has 1 saturated heterocycles. The summed E-state index contributed by atoms with van der Waals surface area (Å²) in [6.07, 6.45) is 3.89. The molecular formula is C17H22N4O2S. The summed E-state index contributed by atoms with van der Waals surface area (Å²) in [5, 5.41) is 2.95. The summed E-state index contributed by atoms with van der Waals surface area (Å²) < 4.78 is 5.81. The number of hydrogen-bond acceptors (Lipinski definition) is 6. The van der Waals surface area contributed by atoms with Crippen LogP contribution in [-0.4, -0.2) is 46.6 Å². The number of rotatable bonds is 5. The van der Waals surface area contributed by atoms with E-state index in [1.807, 2.05) is 29.3 Å². The Balaban J connectivity index is 1.51. The van der Waals surface area contributed by atoms with Crippen molar-refractivity contribution in [3.8, 4) is 0 Å². The molecule has 1 atom stereocenters. The summed E-state index contributed by atoms with van der Waals surface area (Å²) in [5.41, 5.74) is 7.71. The van der Waals surface area contributed by atoms with E-state index in [9.17, 15) is 4.79 Å². The topological polar surface area (TPSA) is 81.3 Å². The van der Waals surface area contributed by atoms with Gasteiger partial charge in [-0.3, -0.25) is 4.79 Å². The fourth-order valence-corrected chi connectivity index (χ4v) is 3.47. The Kier molecular flexibility index (Phi) is 5.42. The predicted molar refractivity (Wildman–Crippen MR) is 93.8 cm³/mol. The Hall–Kier alpha value is -1.99. The summed E-state index contributed by atoms with van der Waals surface area (Å²) in [7, 11) is 0. The van der Waals surface area contributed by atoms with E-state index in [2.05, 4.69) is 9.97 Å². The molecule has 0 saturated carbocycles. The molecule has 1 aliphatic heterocycles. The zero-order valence-electron chi connectivity index (χ0n) is 13.8. The van der Waals surface area contributed by atoms with Crippen molar-refractivity contribution in [2.75, 3.05) is 25.4 Å². The molecule has 2 aromatic heterocycles. The third-order valence-corrected chi connectivity index (χ3v) is 4.91. The number of hydrogen-bond donors (Lipinski definition) is 1. The van der Waals surface area contributed by atoms with Crippen molar-refractivity contribution >= 4 is 23.1 Å². The standard InChI is InChI=1S/C17H22N4O2S/c1-12-20-14(11-24-12)9-17(22)21-6-7-23-15(10-21)3-2-13-4-5-19-16(18)8-13/h4-5,8,11,15H,2-3,6-7,9-10H2,1H3,(H2,18,19)/t15-/m1/s1. The maximum absolute atomic E-state index is 12.5. The zero-order valence-corrected chi connectivity index (χ0v) is 14.6. The van der Waals surface area contributed by atoms with Crippen LogP contribution in [-0.2, 0) is 22.4 Å². The molecule has 3 heterocycles. The van der Waals surface area contributed by atoms with Crippen LogP contribution in [0, 0.1) is 6.92 Å². The summed E-state index contributed by atoms with van der Waals surface area (Å²) in [4.78, 5) is 22.7. The molecule has 2 aromatic rings. The smallest absolute Gasteiger partial charge is 0.228 e. The molecule has 1 amide bonds. The molecule has 0 aromatic carbocycles. The van der Waals surface area contributed by atoms with Crippen LogP contribution in [0.5, 0.6) is 0 Å². The summed E-state index contributed by atoms with van der Waals surface area (Å²) in [6, 6.07) is 3.85. The van der Waals surface area contributed by atoms with Crippen LogP contribution in [0.2, 0.25) is 0 Å². The van der Waals surface area contributed by atoms with Gasteiger partial charge in [-0.15, -0.1) is 11.3 Å². The number of nitrogens with zero attached hydrogens (tertiary/aromatic N) is 3. The van der Waals surface area contributed by atoms with Gasteiger partial charge in [0, 0.05) is 24.7 Å². The molecule has 3 rings (SSSR count). The number of morpholine rings is 1. The second kappa shape index (κ2) is 7.72. The second-order valence-electron chi connectivity index (χ2n) is 5.99. The van der Waals surface area contributed by atoms with Crippen molar-refractivity contribution in [2.45, 2.75) is 32.3 Å². The van der Waals surface area contributed by atoms with Gasteiger partial charge in [0.25, 0.3) is 0 Å². The summed E-state index contributed by atoms with van der Waals surface area (Å²) in [5.74, 6) is 0.661. The fourth-order valence-electron chi connectivity index (χ4n) is 2.85. The second-order valence-corrected chi connectivity index (χ2v) is 7.06. The first-order valence-corrected chi connectivity index (χ1v) is 8.99. The highest BCUT2D eigenvalue weighted by molar-refractivity contribution is 7.09. The highest BCUT2D eigenvalue weighted by Gasteiger charge is 2.24. The van der Waals surface area contributed by atoms with E-state index in [1.165, 1.54) is 0 Å². The zero-order chi connectivity index (χ0) is 16.9. The number of aryl methyl sites for hydroxylation is 2. The molecule has 2 N–H and O–H groups in total. The van der Waals surface area contributed by atoms with Crippen molar-refractivity contribution in [1.82, 2.24) is 14.9 Å². The molecule has 1 fully saturated rings. The lowest BCUT2D eigenvalue weighted by atomic mass is 10.1. The number of aromatic nitrogens is 2. The fraction of sp³-hybridized carbons (Fsp3) is 0.471. The van der Waals surface area contributed by atoms with E-state index in [4.69, 9.17) is 10.5 Å². The first-order valence-electron chi connectivity index (χ1n) is 8.11. The van der Waals surface area contributed by atoms with E-state index < -0.39 is 0 Å². The predicted octanol–water partition coefficient (Wildman–Crippen LogP) is 1.83. The van der Waals surface area contributed by atoms with E-state index in [0.29, 0.717) is 31.9 Å². The number of nitrogens with two attached hydrogens (primary N) is 1. The summed E-state index contributed by atoms with van der Waals surface area (Å²) >= 11 is 1.58. The van der Waals surface area contributed by atoms with Gasteiger partial charge in [0.15, 0.2) is 0 Å². The van der Waals surface area contributed by atoms with Crippen molar-refractivity contribution in [3.05, 3.63) is 40.0 Å². The van der Waals surface area contributed by atoms with Gasteiger partial charge in [-0.25, -0.2) is 9.97 Å². The van der Waals surface area contributed by atoms with Crippen LogP contribution in [0.4, 0.5) is 5.82 Å². The first-order chi connectivity index (χ1) is 11.6. The highest BCUT2D eigenvalue weighted by Crippen LogP contribution is 2.15. The molecule has 7 heteroatoms. The minimum absolute atomic E-state index is 0.0641. The Labute approximate surface area is 145 Å². The van der Waals surface area contributed by atoms with E-state index in [-0.39, 0.29) is 12.0 Å². The van der Waals surface area contributed by atoms with E-state index in [0.717, 1.165) is 29.1 Å². The first kappa shape index (κ1) is 16.9. The molecule has 0 radical (unpaired) electrons. The van der Waals surface area contributed by atoms with Gasteiger partial charge < -0.3 is 15.4 Å². The average Bonchev–Trinajstić information content (AvgIpc) is 2.98. The lowest BCUT2D eigenvalue weighted by molar-refractivity contribution is -0.138. The number of anilines is 1. The maximum atomic E-state index is 12.5. The molecular weight excluding hydrogens is 324 g/mol. The Morgan fingerprint density at radius 3 is 3.17 bits per heavy atom. The minimum atomic E-state index is 0.0641. The van der Waals surface area contributed by atoms with Gasteiger partial charge in [0.05, 0.1) is 29.8 Å². The van der Waals surface area contributed by atoms with Crippen molar-refractivity contribution in [2.24, 2.45) is 0 Å². The average molecular weight is 346 g/mol. The number of pyridine rings is 1. The number of thiazole rings is 1. The van der Waals surface area contributed by atoms with Crippen LogP contribution in [0.1, 0.15) is 22.7 Å². The lowest BCUT2D eigenvalue weighted by Gasteiger charge is -2.33. The van der Waals surface area contributed by atoms with Crippen LogP contribution in [0.3, 0.4) is 0 Å². The SMILES string of the molecule is Cc1nc(CC(=O)N2CCO[C@H](CCc3ccnc(N)c3)C2)cs1. The van der Waals surface area contributed by atoms with Crippen LogP contribution >= 0.6 is 11.3 Å². The van der Waals surface area contributed by atoms with Gasteiger partial charge in [-0.2, -0.15) is 0 Å². The Morgan fingerprint density at radius 2 is 2.42 bits per heavy atom.